The minimum absolute atomic E-state index is 0.0850. The molecule has 0 radical (unpaired) electrons. The molecule has 0 aliphatic heterocycles. The zero-order valence-electron chi connectivity index (χ0n) is 16.4. The maximum absolute atomic E-state index is 13.3. The van der Waals surface area contributed by atoms with Crippen molar-refractivity contribution in [1.82, 2.24) is 19.6 Å². The average Bonchev–Trinajstić information content (AvgIpc) is 3.08. The van der Waals surface area contributed by atoms with Crippen molar-refractivity contribution in [1.29, 1.82) is 0 Å². The predicted molar refractivity (Wildman–Crippen MR) is 101 cm³/mol. The fourth-order valence-electron chi connectivity index (χ4n) is 2.95. The highest BCUT2D eigenvalue weighted by Crippen LogP contribution is 2.49. The number of methoxy groups -OCH3 is 1. The van der Waals surface area contributed by atoms with E-state index >= 15 is 0 Å². The Kier molecular flexibility index (Phi) is 5.74. The molecule has 0 amide bonds. The summed E-state index contributed by atoms with van der Waals surface area (Å²) in [4.78, 5) is 7.93. The van der Waals surface area contributed by atoms with Gasteiger partial charge in [0.15, 0.2) is 11.5 Å². The number of aromatic nitrogens is 4. The van der Waals surface area contributed by atoms with Gasteiger partial charge in [0.2, 0.25) is 11.5 Å². The van der Waals surface area contributed by atoms with Crippen LogP contribution < -0.4 is 0 Å². The van der Waals surface area contributed by atoms with E-state index in [1.807, 2.05) is 6.92 Å². The van der Waals surface area contributed by atoms with Crippen LogP contribution >= 0.6 is 0 Å². The summed E-state index contributed by atoms with van der Waals surface area (Å²) in [5.41, 5.74) is -0.330. The number of hydrogen-bond acceptors (Lipinski definition) is 6. The second-order valence-electron chi connectivity index (χ2n) is 6.90. The Balaban J connectivity index is 1.86. The number of allylic oxidation sites excluding steroid dienone is 3. The first kappa shape index (κ1) is 21.0. The Bertz CT molecular complexity index is 960. The van der Waals surface area contributed by atoms with Crippen LogP contribution in [0.25, 0.3) is 11.2 Å². The molecular formula is C19H22F3N5O2. The van der Waals surface area contributed by atoms with Crippen LogP contribution in [0, 0.1) is 0 Å². The average molecular weight is 409 g/mol. The van der Waals surface area contributed by atoms with Crippen molar-refractivity contribution in [2.75, 3.05) is 7.11 Å². The van der Waals surface area contributed by atoms with Crippen LogP contribution in [0.4, 0.5) is 13.2 Å². The lowest BCUT2D eigenvalue weighted by atomic mass is 9.79. The van der Waals surface area contributed by atoms with E-state index in [9.17, 15) is 13.2 Å². The van der Waals surface area contributed by atoms with Crippen LogP contribution in [-0.4, -0.2) is 45.2 Å². The van der Waals surface area contributed by atoms with Crippen LogP contribution in [0.2, 0.25) is 0 Å². The van der Waals surface area contributed by atoms with E-state index in [2.05, 4.69) is 26.9 Å². The zero-order chi connectivity index (χ0) is 21.2. The fourth-order valence-corrected chi connectivity index (χ4v) is 2.95. The molecule has 0 N–H and O–H groups in total. The molecule has 0 spiro atoms. The summed E-state index contributed by atoms with van der Waals surface area (Å²) in [5.74, 6) is 0.434. The largest absolute Gasteiger partial charge is 0.461 e. The molecule has 0 bridgehead atoms. The summed E-state index contributed by atoms with van der Waals surface area (Å²) >= 11 is 0. The summed E-state index contributed by atoms with van der Waals surface area (Å²) < 4.78 is 52.2. The molecule has 3 rings (SSSR count). The smallest absolute Gasteiger partial charge is 0.428 e. The summed E-state index contributed by atoms with van der Waals surface area (Å²) in [7, 11) is 1.57. The van der Waals surface area contributed by atoms with Crippen molar-refractivity contribution in [2.24, 2.45) is 4.99 Å². The number of rotatable bonds is 7. The van der Waals surface area contributed by atoms with E-state index in [0.717, 1.165) is 0 Å². The highest BCUT2D eigenvalue weighted by molar-refractivity contribution is 5.62. The van der Waals surface area contributed by atoms with Crippen molar-refractivity contribution >= 4 is 17.9 Å². The third-order valence-electron chi connectivity index (χ3n) is 5.05. The van der Waals surface area contributed by atoms with Crippen molar-refractivity contribution in [3.8, 4) is 0 Å². The van der Waals surface area contributed by atoms with E-state index in [0.29, 0.717) is 29.2 Å². The number of halogens is 3. The molecule has 1 fully saturated rings. The summed E-state index contributed by atoms with van der Waals surface area (Å²) in [5, 5.41) is 8.14. The number of aliphatic imine (C=N–C) groups is 1. The lowest BCUT2D eigenvalue weighted by Gasteiger charge is -2.42. The molecule has 7 nitrogen and oxygen atoms in total. The van der Waals surface area contributed by atoms with E-state index in [-0.39, 0.29) is 24.8 Å². The Morgan fingerprint density at radius 2 is 2.07 bits per heavy atom. The van der Waals surface area contributed by atoms with Crippen LogP contribution in [-0.2, 0) is 9.47 Å². The van der Waals surface area contributed by atoms with Crippen LogP contribution in [0.5, 0.6) is 0 Å². The Labute approximate surface area is 166 Å². The van der Waals surface area contributed by atoms with Crippen molar-refractivity contribution < 1.29 is 22.6 Å². The molecule has 2 heterocycles. The predicted octanol–water partition coefficient (Wildman–Crippen LogP) is 4.28. The maximum atomic E-state index is 13.3. The van der Waals surface area contributed by atoms with Gasteiger partial charge in [-0.3, -0.25) is 9.38 Å². The minimum atomic E-state index is -4.46. The van der Waals surface area contributed by atoms with Gasteiger partial charge in [-0.25, -0.2) is 4.99 Å². The van der Waals surface area contributed by atoms with Gasteiger partial charge in [-0.1, -0.05) is 6.08 Å². The minimum Gasteiger partial charge on any atom is -0.461 e. The highest BCUT2D eigenvalue weighted by Gasteiger charge is 2.61. The Morgan fingerprint density at radius 3 is 2.62 bits per heavy atom. The third-order valence-corrected chi connectivity index (χ3v) is 5.05. The molecular weight excluding hydrogens is 387 g/mol. The summed E-state index contributed by atoms with van der Waals surface area (Å²) in [6.07, 6.45) is 1.82. The molecule has 0 aromatic carbocycles. The summed E-state index contributed by atoms with van der Waals surface area (Å²) in [6.45, 7) is 6.94. The molecule has 0 unspecified atom stereocenters. The molecule has 10 heteroatoms. The third kappa shape index (κ3) is 4.02. The Hall–Kier alpha value is -2.75. The SMILES string of the molecule is C=N/C(=C\C=C(/C)c1cn2c([C@H](C)OC)nnc2cn1)OC1(C(F)(F)F)CCC1. The van der Waals surface area contributed by atoms with Crippen molar-refractivity contribution in [3.05, 3.63) is 41.9 Å². The number of hydrogen-bond donors (Lipinski definition) is 0. The topological polar surface area (TPSA) is 73.9 Å². The molecule has 2 aromatic rings. The quantitative estimate of drug-likeness (QED) is 0.388. The zero-order valence-corrected chi connectivity index (χ0v) is 16.4. The molecule has 1 saturated carbocycles. The lowest BCUT2D eigenvalue weighted by Crippen LogP contribution is -2.52. The van der Waals surface area contributed by atoms with Gasteiger partial charge in [-0.05, 0) is 45.4 Å². The van der Waals surface area contributed by atoms with Crippen molar-refractivity contribution in [2.45, 2.75) is 51.0 Å². The van der Waals surface area contributed by atoms with Gasteiger partial charge in [-0.2, -0.15) is 13.2 Å². The monoisotopic (exact) mass is 409 g/mol. The second-order valence-corrected chi connectivity index (χ2v) is 6.90. The fraction of sp³-hybridized carbons (Fsp3) is 0.474. The lowest BCUT2D eigenvalue weighted by molar-refractivity contribution is -0.292. The van der Waals surface area contributed by atoms with Crippen LogP contribution in [0.1, 0.15) is 50.7 Å². The van der Waals surface area contributed by atoms with Crippen LogP contribution in [0.15, 0.2) is 35.4 Å². The van der Waals surface area contributed by atoms with Gasteiger partial charge in [0, 0.05) is 19.4 Å². The molecule has 156 valence electrons. The number of alkyl halides is 3. The second kappa shape index (κ2) is 7.94. The normalized spacial score (nSPS) is 18.4. The molecule has 29 heavy (non-hydrogen) atoms. The molecule has 2 aromatic heterocycles. The van der Waals surface area contributed by atoms with E-state index in [4.69, 9.17) is 9.47 Å². The van der Waals surface area contributed by atoms with Gasteiger partial charge in [-0.15, -0.1) is 10.2 Å². The standard InChI is InChI=1S/C19H22F3N5O2/c1-12(6-7-16(23-3)29-18(8-5-9-18)19(20,21)22)14-11-27-15(10-24-14)25-26-17(27)13(2)28-4/h6-7,10-11,13H,3,5,8-9H2,1-2,4H3/b12-6+,16-7+/t13-/m0/s1. The number of fused-ring (bicyclic) bond motifs is 1. The molecule has 1 aliphatic carbocycles. The first-order valence-electron chi connectivity index (χ1n) is 9.05. The van der Waals surface area contributed by atoms with Gasteiger partial charge in [0.05, 0.1) is 11.9 Å². The van der Waals surface area contributed by atoms with Gasteiger partial charge >= 0.3 is 6.18 Å². The van der Waals surface area contributed by atoms with Crippen molar-refractivity contribution in [3.63, 3.8) is 0 Å². The molecule has 1 atom stereocenters. The molecule has 0 saturated heterocycles. The molecule has 1 aliphatic rings. The van der Waals surface area contributed by atoms with E-state index in [1.165, 1.54) is 6.08 Å². The first-order chi connectivity index (χ1) is 13.7. The van der Waals surface area contributed by atoms with Gasteiger partial charge < -0.3 is 9.47 Å². The Morgan fingerprint density at radius 1 is 1.34 bits per heavy atom. The van der Waals surface area contributed by atoms with Gasteiger partial charge in [0.25, 0.3) is 0 Å². The highest BCUT2D eigenvalue weighted by atomic mass is 19.4. The van der Waals surface area contributed by atoms with E-state index < -0.39 is 11.8 Å². The number of nitrogens with zero attached hydrogens (tertiary/aromatic N) is 5. The summed E-state index contributed by atoms with van der Waals surface area (Å²) in [6, 6.07) is 0. The number of ether oxygens (including phenoxy) is 2. The van der Waals surface area contributed by atoms with E-state index in [1.54, 1.807) is 36.9 Å². The first-order valence-corrected chi connectivity index (χ1v) is 9.05. The van der Waals surface area contributed by atoms with Crippen LogP contribution in [0.3, 0.4) is 0 Å². The van der Waals surface area contributed by atoms with Gasteiger partial charge in [0.1, 0.15) is 6.10 Å². The maximum Gasteiger partial charge on any atom is 0.428 e.